The van der Waals surface area contributed by atoms with Gasteiger partial charge >= 0.3 is 5.97 Å². The number of allylic oxidation sites excluding steroid dienone is 3. The second-order valence-electron chi connectivity index (χ2n) is 5.35. The maximum Gasteiger partial charge on any atom is 0.334 e. The molecule has 1 aliphatic heterocycles. The van der Waals surface area contributed by atoms with Crippen molar-refractivity contribution in [3.05, 3.63) is 36.0 Å². The number of fused-ring (bicyclic) bond motifs is 1. The number of hydrogen-bond acceptors (Lipinski definition) is 4. The van der Waals surface area contributed by atoms with E-state index in [2.05, 4.69) is 6.58 Å². The Bertz CT molecular complexity index is 435. The maximum atomic E-state index is 11.6. The summed E-state index contributed by atoms with van der Waals surface area (Å²) >= 11 is 0. The molecule has 4 heteroatoms. The first kappa shape index (κ1) is 14.0. The van der Waals surface area contributed by atoms with Crippen LogP contribution in [0, 0.1) is 11.8 Å². The Kier molecular flexibility index (Phi) is 4.22. The molecule has 4 unspecified atom stereocenters. The van der Waals surface area contributed by atoms with Crippen molar-refractivity contribution in [3.8, 4) is 0 Å². The van der Waals surface area contributed by atoms with Crippen LogP contribution >= 0.6 is 0 Å². The first-order valence-corrected chi connectivity index (χ1v) is 6.58. The fourth-order valence-electron chi connectivity index (χ4n) is 2.73. The fraction of sp³-hybridized carbons (Fsp3) is 0.533. The molecule has 1 fully saturated rings. The van der Waals surface area contributed by atoms with E-state index in [9.17, 15) is 15.0 Å². The number of ether oxygens (including phenoxy) is 1. The zero-order valence-corrected chi connectivity index (χ0v) is 11.1. The molecule has 1 aliphatic carbocycles. The van der Waals surface area contributed by atoms with Gasteiger partial charge in [0, 0.05) is 5.57 Å². The lowest BCUT2D eigenvalue weighted by atomic mass is 9.83. The summed E-state index contributed by atoms with van der Waals surface area (Å²) in [5, 5.41) is 19.6. The molecule has 1 heterocycles. The first-order chi connectivity index (χ1) is 9.02. The number of carbonyl (C=O) groups is 1. The number of carbonyl (C=O) groups excluding carboxylic acids is 1. The van der Waals surface area contributed by atoms with E-state index in [0.717, 1.165) is 5.57 Å². The van der Waals surface area contributed by atoms with Gasteiger partial charge in [-0.05, 0) is 24.3 Å². The number of aliphatic hydroxyl groups excluding tert-OH is 2. The summed E-state index contributed by atoms with van der Waals surface area (Å²) in [6, 6.07) is 0. The Morgan fingerprint density at radius 2 is 2.26 bits per heavy atom. The zero-order valence-electron chi connectivity index (χ0n) is 11.1. The molecule has 1 saturated heterocycles. The van der Waals surface area contributed by atoms with Gasteiger partial charge in [0.25, 0.3) is 0 Å². The summed E-state index contributed by atoms with van der Waals surface area (Å²) < 4.78 is 5.30. The summed E-state index contributed by atoms with van der Waals surface area (Å²) in [6.07, 6.45) is 5.64. The van der Waals surface area contributed by atoms with E-state index in [0.29, 0.717) is 18.4 Å². The average molecular weight is 264 g/mol. The minimum absolute atomic E-state index is 0.103. The minimum atomic E-state index is -0.749. The normalized spacial score (nSPS) is 35.6. The minimum Gasteiger partial charge on any atom is -0.458 e. The van der Waals surface area contributed by atoms with Gasteiger partial charge in [-0.15, -0.1) is 0 Å². The molecule has 2 N–H and O–H groups in total. The molecule has 0 aromatic carbocycles. The van der Waals surface area contributed by atoms with Crippen molar-refractivity contribution >= 4 is 5.97 Å². The van der Waals surface area contributed by atoms with Gasteiger partial charge in [-0.3, -0.25) is 0 Å². The lowest BCUT2D eigenvalue weighted by Crippen LogP contribution is -2.31. The molecule has 0 spiro atoms. The molecule has 4 nitrogen and oxygen atoms in total. The van der Waals surface area contributed by atoms with Crippen molar-refractivity contribution in [1.82, 2.24) is 0 Å². The lowest BCUT2D eigenvalue weighted by molar-refractivity contribution is -0.140. The van der Waals surface area contributed by atoms with Gasteiger partial charge in [0.2, 0.25) is 0 Å². The van der Waals surface area contributed by atoms with Crippen LogP contribution < -0.4 is 0 Å². The molecule has 2 aliphatic rings. The summed E-state index contributed by atoms with van der Waals surface area (Å²) in [5.74, 6) is -0.567. The Morgan fingerprint density at radius 1 is 1.53 bits per heavy atom. The molecule has 0 radical (unpaired) electrons. The highest BCUT2D eigenvalue weighted by Gasteiger charge is 2.43. The van der Waals surface area contributed by atoms with Crippen LogP contribution in [0.3, 0.4) is 0 Å². The second-order valence-corrected chi connectivity index (χ2v) is 5.35. The number of aliphatic hydroxyl groups is 2. The zero-order chi connectivity index (χ0) is 14.0. The molecule has 2 rings (SSSR count). The Hall–Kier alpha value is -1.39. The Balaban J connectivity index is 2.29. The predicted octanol–water partition coefficient (Wildman–Crippen LogP) is 1.35. The van der Waals surface area contributed by atoms with Crippen molar-refractivity contribution in [2.75, 3.05) is 6.61 Å². The van der Waals surface area contributed by atoms with E-state index in [1.54, 1.807) is 0 Å². The summed E-state index contributed by atoms with van der Waals surface area (Å²) in [4.78, 5) is 11.6. The monoisotopic (exact) mass is 264 g/mol. The second kappa shape index (κ2) is 5.72. The lowest BCUT2D eigenvalue weighted by Gasteiger charge is -2.25. The molecule has 104 valence electrons. The topological polar surface area (TPSA) is 66.8 Å². The maximum absolute atomic E-state index is 11.6. The molecule has 0 aromatic heterocycles. The van der Waals surface area contributed by atoms with Crippen LogP contribution in [0.15, 0.2) is 36.0 Å². The van der Waals surface area contributed by atoms with Crippen molar-refractivity contribution < 1.29 is 19.7 Å². The molecule has 4 atom stereocenters. The van der Waals surface area contributed by atoms with Gasteiger partial charge in [-0.25, -0.2) is 4.79 Å². The Morgan fingerprint density at radius 3 is 2.95 bits per heavy atom. The molecule has 0 bridgehead atoms. The third-order valence-electron chi connectivity index (χ3n) is 3.79. The van der Waals surface area contributed by atoms with Crippen LogP contribution in [0.25, 0.3) is 0 Å². The van der Waals surface area contributed by atoms with Gasteiger partial charge < -0.3 is 14.9 Å². The predicted molar refractivity (Wildman–Crippen MR) is 71.2 cm³/mol. The van der Waals surface area contributed by atoms with Crippen molar-refractivity contribution in [2.45, 2.75) is 32.0 Å². The van der Waals surface area contributed by atoms with Crippen LogP contribution in [-0.4, -0.2) is 35.0 Å². The average Bonchev–Trinajstić information content (AvgIpc) is 2.63. The van der Waals surface area contributed by atoms with E-state index >= 15 is 0 Å². The molecule has 0 aromatic rings. The third-order valence-corrected chi connectivity index (χ3v) is 3.79. The number of rotatable bonds is 1. The van der Waals surface area contributed by atoms with Crippen LogP contribution in [0.4, 0.5) is 0 Å². The van der Waals surface area contributed by atoms with E-state index in [4.69, 9.17) is 4.74 Å². The molecule has 0 amide bonds. The van der Waals surface area contributed by atoms with Gasteiger partial charge in [0.05, 0.1) is 18.6 Å². The molecule has 0 saturated carbocycles. The molecular formula is C15H20O4. The highest BCUT2D eigenvalue weighted by atomic mass is 16.6. The van der Waals surface area contributed by atoms with E-state index < -0.39 is 12.1 Å². The Labute approximate surface area is 113 Å². The standard InChI is InChI=1S/C15H20O4/c1-9-4-3-5-11(8-16)7-12(17)14-10(2)15(18)19-13(14)6-9/h3-5,9,12-14,16-17H,2,6-8H2,1H3. The van der Waals surface area contributed by atoms with Gasteiger partial charge in [-0.1, -0.05) is 31.7 Å². The fourth-order valence-corrected chi connectivity index (χ4v) is 2.73. The van der Waals surface area contributed by atoms with Crippen LogP contribution in [-0.2, 0) is 9.53 Å². The van der Waals surface area contributed by atoms with Gasteiger partial charge in [0.15, 0.2) is 0 Å². The SMILES string of the molecule is C=C1C(=O)OC2CC(C)C=CC=C(CO)CC(O)C12. The van der Waals surface area contributed by atoms with E-state index in [1.807, 2.05) is 25.2 Å². The van der Waals surface area contributed by atoms with Gasteiger partial charge in [0.1, 0.15) is 6.10 Å². The summed E-state index contributed by atoms with van der Waals surface area (Å²) in [6.45, 7) is 5.67. The quantitative estimate of drug-likeness (QED) is 0.554. The van der Waals surface area contributed by atoms with E-state index in [-0.39, 0.29) is 24.5 Å². The largest absolute Gasteiger partial charge is 0.458 e. The molecule has 19 heavy (non-hydrogen) atoms. The van der Waals surface area contributed by atoms with Crippen LogP contribution in [0.2, 0.25) is 0 Å². The van der Waals surface area contributed by atoms with Crippen molar-refractivity contribution in [2.24, 2.45) is 11.8 Å². The van der Waals surface area contributed by atoms with Crippen molar-refractivity contribution in [3.63, 3.8) is 0 Å². The highest BCUT2D eigenvalue weighted by Crippen LogP contribution is 2.35. The summed E-state index contributed by atoms with van der Waals surface area (Å²) in [7, 11) is 0. The van der Waals surface area contributed by atoms with Crippen molar-refractivity contribution in [1.29, 1.82) is 0 Å². The summed E-state index contributed by atoms with van der Waals surface area (Å²) in [5.41, 5.74) is 1.08. The number of esters is 1. The van der Waals surface area contributed by atoms with E-state index in [1.165, 1.54) is 0 Å². The van der Waals surface area contributed by atoms with Gasteiger partial charge in [-0.2, -0.15) is 0 Å². The highest BCUT2D eigenvalue weighted by molar-refractivity contribution is 5.91. The number of hydrogen-bond donors (Lipinski definition) is 2. The first-order valence-electron chi connectivity index (χ1n) is 6.58. The third kappa shape index (κ3) is 2.96. The van der Waals surface area contributed by atoms with Crippen LogP contribution in [0.1, 0.15) is 19.8 Å². The van der Waals surface area contributed by atoms with Crippen LogP contribution in [0.5, 0.6) is 0 Å². The smallest absolute Gasteiger partial charge is 0.334 e. The molecular weight excluding hydrogens is 244 g/mol.